The minimum Gasteiger partial charge on any atom is -0.493 e. The van der Waals surface area contributed by atoms with Gasteiger partial charge in [0.2, 0.25) is 12.5 Å². The molecular weight excluding hydrogens is 398 g/mol. The molecule has 0 unspecified atom stereocenters. The molecule has 0 spiro atoms. The molecule has 7 heteroatoms. The standard InChI is InChI=1S/C24H29NO6/c1-14-22(15-9-20(26-2)23(28-4)21(10-15)27-3)16-11-18-19(30-13-29-18)12-17(16)31-24(14)25-7-5-6-8-25/h9-12,14,22,24H,5-8,13H2,1-4H3/t14-,22+,24-/m0/s1. The summed E-state index contributed by atoms with van der Waals surface area (Å²) in [4.78, 5) is 2.45. The van der Waals surface area contributed by atoms with E-state index in [1.54, 1.807) is 21.3 Å². The Hall–Kier alpha value is -2.80. The molecule has 5 rings (SSSR count). The fraction of sp³-hybridized carbons (Fsp3) is 0.500. The van der Waals surface area contributed by atoms with Gasteiger partial charge in [0.15, 0.2) is 29.2 Å². The summed E-state index contributed by atoms with van der Waals surface area (Å²) >= 11 is 0. The summed E-state index contributed by atoms with van der Waals surface area (Å²) in [6.45, 7) is 4.59. The van der Waals surface area contributed by atoms with Crippen LogP contribution in [0, 0.1) is 5.92 Å². The Balaban J connectivity index is 1.66. The molecule has 7 nitrogen and oxygen atoms in total. The molecule has 0 radical (unpaired) electrons. The van der Waals surface area contributed by atoms with Gasteiger partial charge >= 0.3 is 0 Å². The van der Waals surface area contributed by atoms with Crippen LogP contribution >= 0.6 is 0 Å². The number of hydrogen-bond acceptors (Lipinski definition) is 7. The molecule has 2 aromatic carbocycles. The molecule has 3 aliphatic heterocycles. The van der Waals surface area contributed by atoms with E-state index in [-0.39, 0.29) is 24.9 Å². The van der Waals surface area contributed by atoms with Gasteiger partial charge in [-0.25, -0.2) is 0 Å². The van der Waals surface area contributed by atoms with E-state index in [9.17, 15) is 0 Å². The minimum absolute atomic E-state index is 0.0144. The zero-order valence-electron chi connectivity index (χ0n) is 18.5. The van der Waals surface area contributed by atoms with Crippen LogP contribution in [0.1, 0.15) is 36.8 Å². The van der Waals surface area contributed by atoms with E-state index in [0.29, 0.717) is 17.2 Å². The molecule has 1 fully saturated rings. The largest absolute Gasteiger partial charge is 0.493 e. The normalized spacial score (nSPS) is 24.5. The van der Waals surface area contributed by atoms with Gasteiger partial charge < -0.3 is 28.4 Å². The van der Waals surface area contributed by atoms with Crippen molar-refractivity contribution in [2.24, 2.45) is 5.92 Å². The zero-order chi connectivity index (χ0) is 21.5. The highest BCUT2D eigenvalue weighted by atomic mass is 16.7. The molecular formula is C24H29NO6. The Kier molecular flexibility index (Phi) is 5.22. The molecule has 166 valence electrons. The summed E-state index contributed by atoms with van der Waals surface area (Å²) in [6.07, 6.45) is 2.39. The SMILES string of the molecule is COc1cc([C@@H]2c3cc4c(cc3O[C@H](N3CCCC3)[C@H]2C)OCO4)cc(OC)c1OC. The van der Waals surface area contributed by atoms with E-state index in [2.05, 4.69) is 17.9 Å². The lowest BCUT2D eigenvalue weighted by Crippen LogP contribution is -2.46. The van der Waals surface area contributed by atoms with Crippen LogP contribution in [0.5, 0.6) is 34.5 Å². The average molecular weight is 427 g/mol. The maximum Gasteiger partial charge on any atom is 0.231 e. The fourth-order valence-corrected chi connectivity index (χ4v) is 5.14. The van der Waals surface area contributed by atoms with E-state index in [1.165, 1.54) is 12.8 Å². The van der Waals surface area contributed by atoms with Crippen molar-refractivity contribution in [3.63, 3.8) is 0 Å². The molecule has 0 aliphatic carbocycles. The van der Waals surface area contributed by atoms with Crippen molar-refractivity contribution in [1.29, 1.82) is 0 Å². The first kappa shape index (κ1) is 20.1. The first-order valence-corrected chi connectivity index (χ1v) is 10.8. The third kappa shape index (κ3) is 3.31. The molecule has 0 bridgehead atoms. The van der Waals surface area contributed by atoms with Gasteiger partial charge in [0, 0.05) is 36.6 Å². The molecule has 0 amide bonds. The van der Waals surface area contributed by atoms with Gasteiger partial charge in [-0.3, -0.25) is 4.90 Å². The van der Waals surface area contributed by atoms with Crippen molar-refractivity contribution in [1.82, 2.24) is 4.90 Å². The number of methoxy groups -OCH3 is 3. The lowest BCUT2D eigenvalue weighted by Gasteiger charge is -2.42. The second-order valence-corrected chi connectivity index (χ2v) is 8.29. The van der Waals surface area contributed by atoms with Gasteiger partial charge in [0.25, 0.3) is 0 Å². The molecule has 0 saturated carbocycles. The molecule has 2 aromatic rings. The lowest BCUT2D eigenvalue weighted by atomic mass is 9.78. The van der Waals surface area contributed by atoms with Crippen molar-refractivity contribution in [2.45, 2.75) is 31.9 Å². The van der Waals surface area contributed by atoms with E-state index in [1.807, 2.05) is 18.2 Å². The lowest BCUT2D eigenvalue weighted by molar-refractivity contribution is -0.0178. The highest BCUT2D eigenvalue weighted by molar-refractivity contribution is 5.60. The Labute approximate surface area is 182 Å². The molecule has 0 N–H and O–H groups in total. The first-order valence-electron chi connectivity index (χ1n) is 10.8. The summed E-state index contributed by atoms with van der Waals surface area (Å²) in [5.41, 5.74) is 2.18. The van der Waals surface area contributed by atoms with Gasteiger partial charge in [-0.15, -0.1) is 0 Å². The first-order chi connectivity index (χ1) is 15.1. The second-order valence-electron chi connectivity index (χ2n) is 8.29. The third-order valence-electron chi connectivity index (χ3n) is 6.61. The van der Waals surface area contributed by atoms with Crippen LogP contribution in [-0.2, 0) is 0 Å². The summed E-state index contributed by atoms with van der Waals surface area (Å²) in [5, 5.41) is 0. The summed E-state index contributed by atoms with van der Waals surface area (Å²) in [6, 6.07) is 8.12. The van der Waals surface area contributed by atoms with E-state index < -0.39 is 0 Å². The molecule has 0 aromatic heterocycles. The number of likely N-dealkylation sites (tertiary alicyclic amines) is 1. The Morgan fingerprint density at radius 3 is 2.10 bits per heavy atom. The maximum atomic E-state index is 6.57. The monoisotopic (exact) mass is 427 g/mol. The Morgan fingerprint density at radius 1 is 0.839 bits per heavy atom. The number of fused-ring (bicyclic) bond motifs is 2. The van der Waals surface area contributed by atoms with Gasteiger partial charge in [0.1, 0.15) is 5.75 Å². The minimum atomic E-state index is -0.0144. The molecule has 3 atom stereocenters. The van der Waals surface area contributed by atoms with Crippen LogP contribution in [-0.4, -0.2) is 52.3 Å². The van der Waals surface area contributed by atoms with Crippen LogP contribution in [0.2, 0.25) is 0 Å². The number of nitrogens with zero attached hydrogens (tertiary/aromatic N) is 1. The fourth-order valence-electron chi connectivity index (χ4n) is 5.14. The van der Waals surface area contributed by atoms with Gasteiger partial charge in [-0.05, 0) is 36.6 Å². The second kappa shape index (κ2) is 8.04. The van der Waals surface area contributed by atoms with Crippen molar-refractivity contribution in [2.75, 3.05) is 41.2 Å². The van der Waals surface area contributed by atoms with Crippen molar-refractivity contribution in [3.05, 3.63) is 35.4 Å². The van der Waals surface area contributed by atoms with Crippen LogP contribution in [0.15, 0.2) is 24.3 Å². The summed E-state index contributed by atoms with van der Waals surface area (Å²) in [5.74, 6) is 4.50. The van der Waals surface area contributed by atoms with E-state index >= 15 is 0 Å². The molecule has 3 aliphatic rings. The quantitative estimate of drug-likeness (QED) is 0.714. The van der Waals surface area contributed by atoms with Crippen molar-refractivity contribution in [3.8, 4) is 34.5 Å². The Morgan fingerprint density at radius 2 is 1.48 bits per heavy atom. The summed E-state index contributed by atoms with van der Waals surface area (Å²) < 4.78 is 34.7. The predicted octanol–water partition coefficient (Wildman–Crippen LogP) is 4.02. The maximum absolute atomic E-state index is 6.57. The predicted molar refractivity (Wildman–Crippen MR) is 115 cm³/mol. The van der Waals surface area contributed by atoms with Crippen LogP contribution in [0.4, 0.5) is 0 Å². The molecule has 1 saturated heterocycles. The average Bonchev–Trinajstić information content (AvgIpc) is 3.48. The number of rotatable bonds is 5. The number of benzene rings is 2. The van der Waals surface area contributed by atoms with E-state index in [0.717, 1.165) is 41.5 Å². The van der Waals surface area contributed by atoms with Gasteiger partial charge in [-0.1, -0.05) is 6.92 Å². The highest BCUT2D eigenvalue weighted by Gasteiger charge is 2.42. The molecule has 31 heavy (non-hydrogen) atoms. The summed E-state index contributed by atoms with van der Waals surface area (Å²) in [7, 11) is 4.91. The van der Waals surface area contributed by atoms with E-state index in [4.69, 9.17) is 28.4 Å². The van der Waals surface area contributed by atoms with Crippen LogP contribution in [0.3, 0.4) is 0 Å². The van der Waals surface area contributed by atoms with Crippen molar-refractivity contribution >= 4 is 0 Å². The van der Waals surface area contributed by atoms with Crippen LogP contribution in [0.25, 0.3) is 0 Å². The Bertz CT molecular complexity index is 946. The third-order valence-corrected chi connectivity index (χ3v) is 6.61. The highest BCUT2D eigenvalue weighted by Crippen LogP contribution is 2.52. The van der Waals surface area contributed by atoms with Crippen LogP contribution < -0.4 is 28.4 Å². The number of hydrogen-bond donors (Lipinski definition) is 0. The van der Waals surface area contributed by atoms with Gasteiger partial charge in [-0.2, -0.15) is 0 Å². The smallest absolute Gasteiger partial charge is 0.231 e. The zero-order valence-corrected chi connectivity index (χ0v) is 18.5. The topological polar surface area (TPSA) is 58.6 Å². The molecule has 3 heterocycles. The van der Waals surface area contributed by atoms with Crippen molar-refractivity contribution < 1.29 is 28.4 Å². The number of ether oxygens (including phenoxy) is 6. The van der Waals surface area contributed by atoms with Gasteiger partial charge in [0.05, 0.1) is 21.3 Å².